The van der Waals surface area contributed by atoms with Gasteiger partial charge in [-0.25, -0.2) is 4.98 Å². The molecular weight excluding hydrogens is 468 g/mol. The number of alkyl halides is 2. The van der Waals surface area contributed by atoms with E-state index < -0.39 is 52.8 Å². The summed E-state index contributed by atoms with van der Waals surface area (Å²) in [6.45, 7) is -1.59. The van der Waals surface area contributed by atoms with Crippen LogP contribution in [-0.2, 0) is 34.6 Å². The molecule has 2 N–H and O–H groups in total. The van der Waals surface area contributed by atoms with Crippen molar-refractivity contribution in [3.8, 4) is 6.07 Å². The van der Waals surface area contributed by atoms with Crippen molar-refractivity contribution in [1.29, 1.82) is 5.26 Å². The lowest BCUT2D eigenvalue weighted by atomic mass is 10.2. The number of carbonyl (C=O) groups is 1. The molecule has 1 unspecified atom stereocenters. The van der Waals surface area contributed by atoms with Gasteiger partial charge in [-0.15, -0.1) is 0 Å². The Morgan fingerprint density at radius 1 is 1.21 bits per heavy atom. The number of amides is 1. The molecule has 0 fully saturated rings. The first-order chi connectivity index (χ1) is 16.2. The highest BCUT2D eigenvalue weighted by Crippen LogP contribution is 2.25. The van der Waals surface area contributed by atoms with E-state index in [-0.39, 0.29) is 12.2 Å². The molecule has 0 saturated carbocycles. The van der Waals surface area contributed by atoms with Crippen LogP contribution in [0.2, 0.25) is 0 Å². The fourth-order valence-corrected chi connectivity index (χ4v) is 3.65. The van der Waals surface area contributed by atoms with Gasteiger partial charge >= 0.3 is 5.92 Å². The van der Waals surface area contributed by atoms with Gasteiger partial charge in [0, 0.05) is 18.6 Å². The molecule has 3 aromatic heterocycles. The quantitative estimate of drug-likeness (QED) is 0.458. The van der Waals surface area contributed by atoms with Crippen LogP contribution in [0.15, 0.2) is 58.6 Å². The Morgan fingerprint density at radius 3 is 2.65 bits per heavy atom. The molecular formula is C21H19F2N7O3S. The number of hydrogen-bond donors (Lipinski definition) is 2. The number of nitrogens with one attached hydrogen (secondary N) is 2. The van der Waals surface area contributed by atoms with Crippen molar-refractivity contribution < 1.29 is 17.8 Å². The molecule has 0 aromatic carbocycles. The van der Waals surface area contributed by atoms with Crippen LogP contribution in [0.25, 0.3) is 0 Å². The summed E-state index contributed by atoms with van der Waals surface area (Å²) >= 11 is 0. The Morgan fingerprint density at radius 2 is 1.97 bits per heavy atom. The van der Waals surface area contributed by atoms with Crippen LogP contribution < -0.4 is 16.2 Å². The first-order valence-electron chi connectivity index (χ1n) is 9.80. The molecule has 0 aliphatic heterocycles. The third kappa shape index (κ3) is 5.84. The van der Waals surface area contributed by atoms with E-state index in [0.29, 0.717) is 10.6 Å². The number of hydrogen-bond acceptors (Lipinski definition) is 8. The molecule has 1 atom stereocenters. The van der Waals surface area contributed by atoms with Gasteiger partial charge in [0.15, 0.2) is 5.82 Å². The first kappa shape index (κ1) is 24.6. The molecule has 0 spiro atoms. The van der Waals surface area contributed by atoms with E-state index in [0.717, 1.165) is 16.8 Å². The van der Waals surface area contributed by atoms with Crippen LogP contribution in [0, 0.1) is 11.3 Å². The van der Waals surface area contributed by atoms with Crippen LogP contribution in [0.3, 0.4) is 0 Å². The van der Waals surface area contributed by atoms with Gasteiger partial charge in [0.2, 0.25) is 5.91 Å². The summed E-state index contributed by atoms with van der Waals surface area (Å²) in [4.78, 5) is 37.1. The highest BCUT2D eigenvalue weighted by atomic mass is 32.2. The summed E-state index contributed by atoms with van der Waals surface area (Å²) in [6, 6.07) is 9.03. The van der Waals surface area contributed by atoms with Crippen LogP contribution in [-0.4, -0.2) is 42.4 Å². The number of carbonyl (C=O) groups excluding carboxylic acids is 1. The maximum Gasteiger partial charge on any atom is 0.306 e. The third-order valence-electron chi connectivity index (χ3n) is 4.60. The second-order valence-corrected chi connectivity index (χ2v) is 8.30. The molecule has 176 valence electrons. The lowest BCUT2D eigenvalue weighted by Gasteiger charge is -2.17. The molecule has 13 heteroatoms. The predicted molar refractivity (Wildman–Crippen MR) is 118 cm³/mol. The van der Waals surface area contributed by atoms with Gasteiger partial charge < -0.3 is 10.6 Å². The predicted octanol–water partition coefficient (Wildman–Crippen LogP) is 1.16. The van der Waals surface area contributed by atoms with Crippen LogP contribution in [0.1, 0.15) is 17.1 Å². The molecule has 3 rings (SSSR count). The van der Waals surface area contributed by atoms with Gasteiger partial charge in [-0.3, -0.25) is 28.3 Å². The Balaban J connectivity index is 1.74. The number of aromatic nitrogens is 4. The summed E-state index contributed by atoms with van der Waals surface area (Å²) in [5.74, 6) is -4.49. The molecule has 0 saturated heterocycles. The fourth-order valence-electron chi connectivity index (χ4n) is 2.92. The van der Waals surface area contributed by atoms with E-state index in [4.69, 9.17) is 0 Å². The molecule has 3 heterocycles. The van der Waals surface area contributed by atoms with Crippen molar-refractivity contribution in [3.05, 3.63) is 76.4 Å². The Kier molecular flexibility index (Phi) is 7.75. The number of nitrogens with zero attached hydrogens (tertiary/aromatic N) is 5. The van der Waals surface area contributed by atoms with E-state index in [9.17, 15) is 27.8 Å². The van der Waals surface area contributed by atoms with Crippen molar-refractivity contribution >= 4 is 22.5 Å². The maximum atomic E-state index is 14.4. The maximum absolute atomic E-state index is 14.4. The van der Waals surface area contributed by atoms with E-state index >= 15 is 0 Å². The van der Waals surface area contributed by atoms with Crippen LogP contribution in [0.5, 0.6) is 0 Å². The van der Waals surface area contributed by atoms with Gasteiger partial charge in [0.05, 0.1) is 40.7 Å². The number of pyridine rings is 2. The number of nitriles is 1. The molecule has 0 radical (unpaired) electrons. The fraction of sp³-hybridized carbons (Fsp3) is 0.238. The van der Waals surface area contributed by atoms with Crippen molar-refractivity contribution in [3.63, 3.8) is 0 Å². The van der Waals surface area contributed by atoms with E-state index in [2.05, 4.69) is 25.6 Å². The molecule has 0 bridgehead atoms. The highest BCUT2D eigenvalue weighted by molar-refractivity contribution is 7.84. The summed E-state index contributed by atoms with van der Waals surface area (Å²) < 4.78 is 41.4. The van der Waals surface area contributed by atoms with Gasteiger partial charge in [0.1, 0.15) is 24.0 Å². The average molecular weight is 487 g/mol. The van der Waals surface area contributed by atoms with E-state index in [1.54, 1.807) is 18.2 Å². The zero-order valence-corrected chi connectivity index (χ0v) is 18.7. The number of anilines is 1. The SMILES string of the molecule is CS(=O)c1cccnc1CNC(=O)Cn1c(C#N)cnc(NCC(F)(F)c2ccccn2)c1=O. The smallest absolute Gasteiger partial charge is 0.306 e. The van der Waals surface area contributed by atoms with Crippen molar-refractivity contribution in [2.75, 3.05) is 18.1 Å². The third-order valence-corrected chi connectivity index (χ3v) is 5.59. The standard InChI is InChI=1S/C21H19F2N7O3S/c1-34(33)16-5-4-8-25-15(16)11-27-18(31)12-30-14(9-24)10-28-19(20(30)32)29-13-21(22,23)17-6-2-3-7-26-17/h2-8,10H,11-13H2,1H3,(H,27,31)(H,28,29). The van der Waals surface area contributed by atoms with Gasteiger partial charge in [-0.2, -0.15) is 14.0 Å². The van der Waals surface area contributed by atoms with E-state index in [1.807, 2.05) is 0 Å². The molecule has 3 aromatic rings. The summed E-state index contributed by atoms with van der Waals surface area (Å²) in [6.07, 6.45) is 5.19. The Bertz CT molecular complexity index is 1310. The average Bonchev–Trinajstić information content (AvgIpc) is 2.84. The van der Waals surface area contributed by atoms with Gasteiger partial charge in [-0.05, 0) is 24.3 Å². The van der Waals surface area contributed by atoms with Crippen LogP contribution >= 0.6 is 0 Å². The number of halogens is 2. The normalized spacial score (nSPS) is 11.9. The summed E-state index contributed by atoms with van der Waals surface area (Å²) in [5.41, 5.74) is -1.24. The molecule has 0 aliphatic carbocycles. The highest BCUT2D eigenvalue weighted by Gasteiger charge is 2.33. The zero-order chi connectivity index (χ0) is 24.7. The topological polar surface area (TPSA) is 143 Å². The molecule has 0 aliphatic rings. The van der Waals surface area contributed by atoms with E-state index in [1.165, 1.54) is 30.8 Å². The second-order valence-electron chi connectivity index (χ2n) is 6.95. The summed E-state index contributed by atoms with van der Waals surface area (Å²) in [7, 11) is -1.32. The van der Waals surface area contributed by atoms with Crippen molar-refractivity contribution in [1.82, 2.24) is 24.8 Å². The molecule has 10 nitrogen and oxygen atoms in total. The molecule has 1 amide bonds. The Labute approximate surface area is 195 Å². The zero-order valence-electron chi connectivity index (χ0n) is 17.9. The summed E-state index contributed by atoms with van der Waals surface area (Å²) in [5, 5.41) is 14.1. The van der Waals surface area contributed by atoms with Gasteiger partial charge in [-0.1, -0.05) is 6.07 Å². The number of rotatable bonds is 9. The first-order valence-corrected chi connectivity index (χ1v) is 11.4. The largest absolute Gasteiger partial charge is 0.359 e. The molecule has 34 heavy (non-hydrogen) atoms. The lowest BCUT2D eigenvalue weighted by molar-refractivity contribution is -0.121. The minimum atomic E-state index is -3.40. The minimum Gasteiger partial charge on any atom is -0.359 e. The minimum absolute atomic E-state index is 0.0578. The lowest BCUT2D eigenvalue weighted by Crippen LogP contribution is -2.36. The monoisotopic (exact) mass is 487 g/mol. The second kappa shape index (κ2) is 10.7. The van der Waals surface area contributed by atoms with Crippen molar-refractivity contribution in [2.45, 2.75) is 23.9 Å². The van der Waals surface area contributed by atoms with Crippen molar-refractivity contribution in [2.24, 2.45) is 0 Å². The van der Waals surface area contributed by atoms with Crippen LogP contribution in [0.4, 0.5) is 14.6 Å². The van der Waals surface area contributed by atoms with Gasteiger partial charge in [0.25, 0.3) is 5.56 Å². The Hall–Kier alpha value is -4.05.